The monoisotopic (exact) mass is 377 g/mol. The summed E-state index contributed by atoms with van der Waals surface area (Å²) in [7, 11) is 0. The third-order valence-corrected chi connectivity index (χ3v) is 5.40. The largest absolute Gasteiger partial charge is 0.324 e. The van der Waals surface area contributed by atoms with Crippen molar-refractivity contribution in [3.63, 3.8) is 0 Å². The zero-order valence-corrected chi connectivity index (χ0v) is 16.2. The van der Waals surface area contributed by atoms with E-state index in [0.29, 0.717) is 5.56 Å². The van der Waals surface area contributed by atoms with Crippen LogP contribution in [0.3, 0.4) is 0 Å². The van der Waals surface area contributed by atoms with Gasteiger partial charge in [0.2, 0.25) is 0 Å². The minimum atomic E-state index is -0.521. The molecule has 0 bridgehead atoms. The van der Waals surface area contributed by atoms with Gasteiger partial charge in [0, 0.05) is 17.8 Å². The first-order valence-electron chi connectivity index (χ1n) is 9.39. The molecule has 1 aromatic carbocycles. The molecule has 0 aliphatic heterocycles. The normalized spacial score (nSPS) is 14.9. The number of hydrogen-bond acceptors (Lipinski definition) is 5. The zero-order valence-electron chi connectivity index (χ0n) is 16.2. The van der Waals surface area contributed by atoms with Gasteiger partial charge >= 0.3 is 0 Å². The van der Waals surface area contributed by atoms with Crippen molar-refractivity contribution in [3.05, 3.63) is 65.5 Å². The van der Waals surface area contributed by atoms with E-state index in [-0.39, 0.29) is 11.5 Å². The van der Waals surface area contributed by atoms with Gasteiger partial charge in [0.25, 0.3) is 5.91 Å². The lowest BCUT2D eigenvalue weighted by Gasteiger charge is -2.17. The number of hydroxylamine groups is 1. The van der Waals surface area contributed by atoms with E-state index in [1.54, 1.807) is 23.8 Å². The van der Waals surface area contributed by atoms with Crippen molar-refractivity contribution in [3.8, 4) is 11.4 Å². The highest BCUT2D eigenvalue weighted by Crippen LogP contribution is 2.52. The van der Waals surface area contributed by atoms with Crippen LogP contribution in [0.15, 0.2) is 42.7 Å². The predicted molar refractivity (Wildman–Crippen MR) is 104 cm³/mol. The fourth-order valence-electron chi connectivity index (χ4n) is 3.80. The first kappa shape index (κ1) is 18.3. The molecule has 1 fully saturated rings. The third kappa shape index (κ3) is 2.97. The summed E-state index contributed by atoms with van der Waals surface area (Å²) in [6.07, 6.45) is 5.59. The van der Waals surface area contributed by atoms with Crippen LogP contribution >= 0.6 is 0 Å². The minimum Gasteiger partial charge on any atom is -0.324 e. The average Bonchev–Trinajstić information content (AvgIpc) is 3.43. The number of carbonyl (C=O) groups is 1. The first-order valence-corrected chi connectivity index (χ1v) is 9.39. The maximum absolute atomic E-state index is 11.6. The second kappa shape index (κ2) is 6.83. The van der Waals surface area contributed by atoms with Crippen LogP contribution < -0.4 is 5.48 Å². The van der Waals surface area contributed by atoms with E-state index in [1.165, 1.54) is 0 Å². The molecule has 2 aromatic heterocycles. The maximum Gasteiger partial charge on any atom is 0.274 e. The summed E-state index contributed by atoms with van der Waals surface area (Å²) < 4.78 is 2.17. The van der Waals surface area contributed by atoms with Gasteiger partial charge in [-0.2, -0.15) is 0 Å². The van der Waals surface area contributed by atoms with E-state index in [9.17, 15) is 4.79 Å². The van der Waals surface area contributed by atoms with E-state index >= 15 is 0 Å². The molecule has 0 spiro atoms. The van der Waals surface area contributed by atoms with Crippen molar-refractivity contribution in [2.45, 2.75) is 45.1 Å². The molecule has 2 heterocycles. The molecule has 0 atom stereocenters. The first-order chi connectivity index (χ1) is 13.5. The van der Waals surface area contributed by atoms with Crippen molar-refractivity contribution in [1.82, 2.24) is 25.0 Å². The lowest BCUT2D eigenvalue weighted by molar-refractivity contribution is 0.0706. The van der Waals surface area contributed by atoms with Gasteiger partial charge < -0.3 is 4.57 Å². The summed E-state index contributed by atoms with van der Waals surface area (Å²) >= 11 is 0. The van der Waals surface area contributed by atoms with Crippen LogP contribution in [0.2, 0.25) is 0 Å². The summed E-state index contributed by atoms with van der Waals surface area (Å²) in [6.45, 7) is 6.26. The van der Waals surface area contributed by atoms with Crippen LogP contribution in [-0.2, 0) is 5.41 Å². The van der Waals surface area contributed by atoms with Crippen LogP contribution in [0.25, 0.3) is 11.4 Å². The average molecular weight is 377 g/mol. The fraction of sp³-hybridized carbons (Fsp3) is 0.333. The van der Waals surface area contributed by atoms with E-state index in [0.717, 1.165) is 41.4 Å². The number of benzene rings is 1. The van der Waals surface area contributed by atoms with Gasteiger partial charge in [0.15, 0.2) is 0 Å². The summed E-state index contributed by atoms with van der Waals surface area (Å²) in [4.78, 5) is 25.5. The Kier molecular flexibility index (Phi) is 4.47. The Morgan fingerprint density at radius 2 is 1.89 bits per heavy atom. The highest BCUT2D eigenvalue weighted by Gasteiger charge is 2.48. The molecular weight excluding hydrogens is 354 g/mol. The SMILES string of the molecule is Cc1ncc(-c2ccnc(C3(c4ccc(C(=O)NO)cc4)CC3)n2)n1C(C)C. The van der Waals surface area contributed by atoms with E-state index < -0.39 is 5.91 Å². The molecule has 7 heteroatoms. The Labute approximate surface area is 163 Å². The van der Waals surface area contributed by atoms with Crippen molar-refractivity contribution < 1.29 is 10.0 Å². The molecule has 28 heavy (non-hydrogen) atoms. The number of imidazole rings is 1. The second-order valence-corrected chi connectivity index (χ2v) is 7.52. The molecule has 7 nitrogen and oxygen atoms in total. The second-order valence-electron chi connectivity index (χ2n) is 7.52. The van der Waals surface area contributed by atoms with Gasteiger partial charge in [-0.1, -0.05) is 12.1 Å². The van der Waals surface area contributed by atoms with Crippen LogP contribution in [0, 0.1) is 6.92 Å². The van der Waals surface area contributed by atoms with Crippen LogP contribution in [0.4, 0.5) is 0 Å². The Balaban J connectivity index is 1.71. The number of carbonyl (C=O) groups excluding carboxylic acids is 1. The highest BCUT2D eigenvalue weighted by molar-refractivity contribution is 5.93. The molecule has 2 N–H and O–H groups in total. The Hall–Kier alpha value is -3.06. The van der Waals surface area contributed by atoms with E-state index in [4.69, 9.17) is 10.2 Å². The predicted octanol–water partition coefficient (Wildman–Crippen LogP) is 3.43. The van der Waals surface area contributed by atoms with Gasteiger partial charge in [0.1, 0.15) is 11.6 Å². The van der Waals surface area contributed by atoms with Gasteiger partial charge in [-0.25, -0.2) is 20.4 Å². The Morgan fingerprint density at radius 1 is 1.18 bits per heavy atom. The van der Waals surface area contributed by atoms with Crippen LogP contribution in [0.1, 0.15) is 60.3 Å². The number of rotatable bonds is 5. The molecule has 0 saturated heterocycles. The molecule has 1 aliphatic carbocycles. The highest BCUT2D eigenvalue weighted by atomic mass is 16.5. The number of nitrogens with one attached hydrogen (secondary N) is 1. The molecule has 4 rings (SSSR count). The molecule has 0 unspecified atom stereocenters. The lowest BCUT2D eigenvalue weighted by Crippen LogP contribution is -2.19. The van der Waals surface area contributed by atoms with Crippen molar-refractivity contribution in [2.75, 3.05) is 0 Å². The van der Waals surface area contributed by atoms with Gasteiger partial charge in [-0.15, -0.1) is 0 Å². The molecule has 1 amide bonds. The minimum absolute atomic E-state index is 0.220. The lowest BCUT2D eigenvalue weighted by atomic mass is 9.94. The summed E-state index contributed by atoms with van der Waals surface area (Å²) in [5.41, 5.74) is 4.77. The number of nitrogens with zero attached hydrogens (tertiary/aromatic N) is 4. The Morgan fingerprint density at radius 3 is 2.50 bits per heavy atom. The van der Waals surface area contributed by atoms with Crippen molar-refractivity contribution in [2.24, 2.45) is 0 Å². The number of aryl methyl sites for hydroxylation is 1. The maximum atomic E-state index is 11.6. The summed E-state index contributed by atoms with van der Waals surface area (Å²) in [5.74, 6) is 1.23. The fourth-order valence-corrected chi connectivity index (χ4v) is 3.80. The molecule has 0 radical (unpaired) electrons. The van der Waals surface area contributed by atoms with Crippen molar-refractivity contribution >= 4 is 5.91 Å². The zero-order chi connectivity index (χ0) is 19.9. The van der Waals surface area contributed by atoms with E-state index in [1.807, 2.05) is 31.3 Å². The smallest absolute Gasteiger partial charge is 0.274 e. The number of hydrogen-bond donors (Lipinski definition) is 2. The quantitative estimate of drug-likeness (QED) is 0.525. The molecular formula is C21H23N5O2. The Bertz CT molecular complexity index is 1020. The van der Waals surface area contributed by atoms with E-state index in [2.05, 4.69) is 28.4 Å². The van der Waals surface area contributed by atoms with Crippen LogP contribution in [-0.4, -0.2) is 30.6 Å². The molecule has 3 aromatic rings. The third-order valence-electron chi connectivity index (χ3n) is 5.40. The van der Waals surface area contributed by atoms with Crippen molar-refractivity contribution in [1.29, 1.82) is 0 Å². The molecule has 1 aliphatic rings. The summed E-state index contributed by atoms with van der Waals surface area (Å²) in [5, 5.41) is 8.78. The number of amides is 1. The van der Waals surface area contributed by atoms with Gasteiger partial charge in [0.05, 0.1) is 23.0 Å². The van der Waals surface area contributed by atoms with Crippen LogP contribution in [0.5, 0.6) is 0 Å². The topological polar surface area (TPSA) is 92.9 Å². The molecule has 1 saturated carbocycles. The standard InChI is InChI=1S/C21H23N5O2/c1-13(2)26-14(3)23-12-18(26)17-8-11-22-20(24-17)21(9-10-21)16-6-4-15(5-7-16)19(27)25-28/h4-8,11-13,28H,9-10H2,1-3H3,(H,25,27). The number of aromatic nitrogens is 4. The summed E-state index contributed by atoms with van der Waals surface area (Å²) in [6, 6.07) is 9.45. The molecule has 144 valence electrons. The van der Waals surface area contributed by atoms with Gasteiger partial charge in [-0.05, 0) is 57.4 Å². The van der Waals surface area contributed by atoms with Gasteiger partial charge in [-0.3, -0.25) is 10.0 Å².